The van der Waals surface area contributed by atoms with Crippen LogP contribution < -0.4 is 4.72 Å². The number of hydrogen-bond donors (Lipinski definition) is 1. The highest BCUT2D eigenvalue weighted by Gasteiger charge is 2.33. The van der Waals surface area contributed by atoms with Crippen molar-refractivity contribution in [1.82, 2.24) is 4.90 Å². The van der Waals surface area contributed by atoms with Crippen LogP contribution in [-0.2, 0) is 16.6 Å². The van der Waals surface area contributed by atoms with Gasteiger partial charge in [0.05, 0.1) is 0 Å². The Balaban J connectivity index is 1.55. The molecule has 3 aromatic rings. The third-order valence-electron chi connectivity index (χ3n) is 4.61. The number of anilines is 1. The standard InChI is InChI=1S/C21H19BrN2O3S2/c22-17-6-1-4-15(12-17)14-24(19-9-10-19)21(25)16-5-2-7-18(13-16)23-29(26,27)20-8-3-11-28-20/h1-8,11-13,19,23H,9-10,14H2. The molecule has 150 valence electrons. The van der Waals surface area contributed by atoms with E-state index in [2.05, 4.69) is 20.7 Å². The summed E-state index contributed by atoms with van der Waals surface area (Å²) in [5.74, 6) is -0.0929. The van der Waals surface area contributed by atoms with Crippen molar-refractivity contribution in [3.63, 3.8) is 0 Å². The highest BCUT2D eigenvalue weighted by Crippen LogP contribution is 2.31. The molecule has 0 atom stereocenters. The first kappa shape index (κ1) is 20.1. The number of carbonyl (C=O) groups is 1. The van der Waals surface area contributed by atoms with Crippen LogP contribution >= 0.6 is 27.3 Å². The van der Waals surface area contributed by atoms with Crippen molar-refractivity contribution in [2.45, 2.75) is 29.6 Å². The Morgan fingerprint density at radius 3 is 2.59 bits per heavy atom. The number of nitrogens with one attached hydrogen (secondary N) is 1. The van der Waals surface area contributed by atoms with Gasteiger partial charge in [0.1, 0.15) is 4.21 Å². The zero-order valence-electron chi connectivity index (χ0n) is 15.4. The summed E-state index contributed by atoms with van der Waals surface area (Å²) in [6.07, 6.45) is 1.98. The normalized spacial score (nSPS) is 13.8. The zero-order valence-corrected chi connectivity index (χ0v) is 18.6. The second-order valence-electron chi connectivity index (χ2n) is 6.91. The van der Waals surface area contributed by atoms with Gasteiger partial charge in [0.25, 0.3) is 15.9 Å². The first-order valence-electron chi connectivity index (χ1n) is 9.14. The number of halogens is 1. The average molecular weight is 491 g/mol. The van der Waals surface area contributed by atoms with E-state index in [0.717, 1.165) is 34.2 Å². The summed E-state index contributed by atoms with van der Waals surface area (Å²) in [4.78, 5) is 15.1. The van der Waals surface area contributed by atoms with Crippen molar-refractivity contribution >= 4 is 48.9 Å². The fourth-order valence-electron chi connectivity index (χ4n) is 3.09. The second kappa shape index (κ2) is 8.30. The molecule has 0 radical (unpaired) electrons. The molecule has 1 saturated carbocycles. The van der Waals surface area contributed by atoms with E-state index in [1.54, 1.807) is 41.8 Å². The van der Waals surface area contributed by atoms with Crippen molar-refractivity contribution in [1.29, 1.82) is 0 Å². The lowest BCUT2D eigenvalue weighted by Gasteiger charge is -2.23. The molecule has 29 heavy (non-hydrogen) atoms. The summed E-state index contributed by atoms with van der Waals surface area (Å²) in [6.45, 7) is 0.522. The molecule has 1 aliphatic carbocycles. The van der Waals surface area contributed by atoms with Crippen LogP contribution in [0.5, 0.6) is 0 Å². The molecule has 0 spiro atoms. The maximum atomic E-state index is 13.2. The van der Waals surface area contributed by atoms with E-state index in [1.807, 2.05) is 29.2 Å². The van der Waals surface area contributed by atoms with Gasteiger partial charge in [0.15, 0.2) is 0 Å². The van der Waals surface area contributed by atoms with Gasteiger partial charge in [-0.1, -0.05) is 40.2 Å². The molecule has 1 aromatic heterocycles. The van der Waals surface area contributed by atoms with E-state index in [0.29, 0.717) is 17.8 Å². The lowest BCUT2D eigenvalue weighted by atomic mass is 10.1. The van der Waals surface area contributed by atoms with Gasteiger partial charge in [0, 0.05) is 28.3 Å². The molecule has 1 aliphatic rings. The summed E-state index contributed by atoms with van der Waals surface area (Å²) in [6, 6.07) is 18.1. The Kier molecular flexibility index (Phi) is 5.76. The van der Waals surface area contributed by atoms with E-state index >= 15 is 0 Å². The van der Waals surface area contributed by atoms with Crippen molar-refractivity contribution in [2.75, 3.05) is 4.72 Å². The van der Waals surface area contributed by atoms with Crippen LogP contribution in [0.2, 0.25) is 0 Å². The molecular weight excluding hydrogens is 472 g/mol. The molecule has 2 aromatic carbocycles. The molecule has 1 fully saturated rings. The van der Waals surface area contributed by atoms with Crippen LogP contribution in [0, 0.1) is 0 Å². The zero-order chi connectivity index (χ0) is 20.4. The largest absolute Gasteiger partial charge is 0.331 e. The predicted molar refractivity (Wildman–Crippen MR) is 119 cm³/mol. The lowest BCUT2D eigenvalue weighted by Crippen LogP contribution is -2.32. The minimum atomic E-state index is -3.65. The maximum Gasteiger partial charge on any atom is 0.271 e. The SMILES string of the molecule is O=C(c1cccc(NS(=O)(=O)c2cccs2)c1)N(Cc1cccc(Br)c1)C1CC1. The molecule has 1 heterocycles. The van der Waals surface area contributed by atoms with Crippen LogP contribution in [0.1, 0.15) is 28.8 Å². The quantitative estimate of drug-likeness (QED) is 0.499. The van der Waals surface area contributed by atoms with Gasteiger partial charge < -0.3 is 4.90 Å². The number of rotatable bonds is 7. The van der Waals surface area contributed by atoms with E-state index in [9.17, 15) is 13.2 Å². The lowest BCUT2D eigenvalue weighted by molar-refractivity contribution is 0.0730. The van der Waals surface area contributed by atoms with Gasteiger partial charge in [-0.3, -0.25) is 9.52 Å². The van der Waals surface area contributed by atoms with E-state index in [-0.39, 0.29) is 16.2 Å². The molecule has 0 bridgehead atoms. The Labute approximate surface area is 182 Å². The topological polar surface area (TPSA) is 66.5 Å². The van der Waals surface area contributed by atoms with Crippen LogP contribution in [0.15, 0.2) is 74.7 Å². The summed E-state index contributed by atoms with van der Waals surface area (Å²) in [5.41, 5.74) is 1.90. The van der Waals surface area contributed by atoms with E-state index in [4.69, 9.17) is 0 Å². The van der Waals surface area contributed by atoms with Gasteiger partial charge >= 0.3 is 0 Å². The second-order valence-corrected chi connectivity index (χ2v) is 10.7. The Hall–Kier alpha value is -2.16. The smallest absolute Gasteiger partial charge is 0.271 e. The van der Waals surface area contributed by atoms with Crippen molar-refractivity contribution in [2.24, 2.45) is 0 Å². The highest BCUT2D eigenvalue weighted by atomic mass is 79.9. The minimum Gasteiger partial charge on any atom is -0.331 e. The molecule has 1 amide bonds. The predicted octanol–water partition coefficient (Wildman–Crippen LogP) is 5.12. The van der Waals surface area contributed by atoms with E-state index in [1.165, 1.54) is 0 Å². The molecule has 8 heteroatoms. The van der Waals surface area contributed by atoms with Crippen LogP contribution in [0.4, 0.5) is 5.69 Å². The van der Waals surface area contributed by atoms with Gasteiger partial charge in [-0.05, 0) is 60.2 Å². The molecular formula is C21H19BrN2O3S2. The monoisotopic (exact) mass is 490 g/mol. The number of benzene rings is 2. The first-order valence-corrected chi connectivity index (χ1v) is 12.3. The highest BCUT2D eigenvalue weighted by molar-refractivity contribution is 9.10. The summed E-state index contributed by atoms with van der Waals surface area (Å²) < 4.78 is 28.7. The van der Waals surface area contributed by atoms with Crippen LogP contribution in [0.3, 0.4) is 0 Å². The third-order valence-corrected chi connectivity index (χ3v) is 7.88. The van der Waals surface area contributed by atoms with Crippen molar-refractivity contribution in [3.8, 4) is 0 Å². The number of amides is 1. The molecule has 5 nitrogen and oxygen atoms in total. The van der Waals surface area contributed by atoms with Crippen molar-refractivity contribution < 1.29 is 13.2 Å². The molecule has 1 N–H and O–H groups in total. The molecule has 0 unspecified atom stereocenters. The number of thiophene rings is 1. The third kappa shape index (κ3) is 4.88. The van der Waals surface area contributed by atoms with Crippen molar-refractivity contribution in [3.05, 3.63) is 81.6 Å². The summed E-state index contributed by atoms with van der Waals surface area (Å²) in [5, 5.41) is 1.71. The fraction of sp³-hybridized carbons (Fsp3) is 0.190. The van der Waals surface area contributed by atoms with Gasteiger partial charge in [-0.25, -0.2) is 8.42 Å². The fourth-order valence-corrected chi connectivity index (χ4v) is 5.58. The molecule has 0 aliphatic heterocycles. The first-order chi connectivity index (χ1) is 13.9. The van der Waals surface area contributed by atoms with Crippen LogP contribution in [0.25, 0.3) is 0 Å². The maximum absolute atomic E-state index is 13.2. The number of sulfonamides is 1. The average Bonchev–Trinajstić information content (AvgIpc) is 3.37. The summed E-state index contributed by atoms with van der Waals surface area (Å²) >= 11 is 4.62. The van der Waals surface area contributed by atoms with E-state index < -0.39 is 10.0 Å². The number of nitrogens with zero attached hydrogens (tertiary/aromatic N) is 1. The van der Waals surface area contributed by atoms with Gasteiger partial charge in [-0.15, -0.1) is 11.3 Å². The number of hydrogen-bond acceptors (Lipinski definition) is 4. The molecule has 0 saturated heterocycles. The van der Waals surface area contributed by atoms with Crippen LogP contribution in [-0.4, -0.2) is 25.3 Å². The van der Waals surface area contributed by atoms with Gasteiger partial charge in [-0.2, -0.15) is 0 Å². The summed E-state index contributed by atoms with van der Waals surface area (Å²) in [7, 11) is -3.65. The Bertz CT molecular complexity index is 1130. The Morgan fingerprint density at radius 2 is 1.90 bits per heavy atom. The van der Waals surface area contributed by atoms with Gasteiger partial charge in [0.2, 0.25) is 0 Å². The minimum absolute atomic E-state index is 0.0929. The molecule has 4 rings (SSSR count). The Morgan fingerprint density at radius 1 is 1.10 bits per heavy atom. The number of carbonyl (C=O) groups excluding carboxylic acids is 1.